The number of nitrogens with zero attached hydrogens (tertiary/aromatic N) is 1. The number of nitrogen functional groups attached to an aromatic ring is 1. The van der Waals surface area contributed by atoms with E-state index >= 15 is 0 Å². The lowest BCUT2D eigenvalue weighted by Gasteiger charge is -2.25. The maximum atomic E-state index is 12.3. The number of aryl methyl sites for hydroxylation is 1. The van der Waals surface area contributed by atoms with Gasteiger partial charge in [0.05, 0.1) is 11.5 Å². The molecule has 0 unspecified atom stereocenters. The molecule has 5 heteroatoms. The summed E-state index contributed by atoms with van der Waals surface area (Å²) in [5.74, 6) is 0.0295. The van der Waals surface area contributed by atoms with E-state index in [1.165, 1.54) is 11.3 Å². The Hall–Kier alpha value is -1.07. The van der Waals surface area contributed by atoms with Crippen LogP contribution in [0.1, 0.15) is 28.4 Å². The maximum Gasteiger partial charge on any atom is 0.264 e. The second-order valence-corrected chi connectivity index (χ2v) is 5.46. The van der Waals surface area contributed by atoms with Crippen LogP contribution in [0.5, 0.6) is 0 Å². The molecule has 0 aromatic carbocycles. The molecule has 17 heavy (non-hydrogen) atoms. The van der Waals surface area contributed by atoms with E-state index in [0.717, 1.165) is 4.88 Å². The minimum absolute atomic E-state index is 0.0295. The van der Waals surface area contributed by atoms with Crippen molar-refractivity contribution in [3.63, 3.8) is 0 Å². The number of hydrogen-bond donors (Lipinski definition) is 1. The van der Waals surface area contributed by atoms with Crippen molar-refractivity contribution in [2.75, 3.05) is 26.0 Å². The molecule has 0 aliphatic carbocycles. The fourth-order valence-electron chi connectivity index (χ4n) is 1.53. The van der Waals surface area contributed by atoms with Gasteiger partial charge in [-0.1, -0.05) is 0 Å². The lowest BCUT2D eigenvalue weighted by molar-refractivity contribution is 0.0640. The zero-order chi connectivity index (χ0) is 13.0. The van der Waals surface area contributed by atoms with Gasteiger partial charge in [0.15, 0.2) is 0 Å². The molecule has 0 spiro atoms. The molecule has 4 nitrogen and oxygen atoms in total. The van der Waals surface area contributed by atoms with Crippen LogP contribution in [0.15, 0.2) is 6.07 Å². The first-order valence-electron chi connectivity index (χ1n) is 5.63. The SMILES string of the molecule is COCCN(C(=O)c1cc(N)c(C)s1)C(C)C. The average Bonchev–Trinajstić information content (AvgIpc) is 2.59. The molecular weight excluding hydrogens is 236 g/mol. The molecule has 1 aromatic heterocycles. The number of hydrogen-bond acceptors (Lipinski definition) is 4. The lowest BCUT2D eigenvalue weighted by Crippen LogP contribution is -2.38. The van der Waals surface area contributed by atoms with Crippen LogP contribution in [0.2, 0.25) is 0 Å². The van der Waals surface area contributed by atoms with Gasteiger partial charge in [0.25, 0.3) is 5.91 Å². The van der Waals surface area contributed by atoms with E-state index in [1.807, 2.05) is 20.8 Å². The number of methoxy groups -OCH3 is 1. The minimum atomic E-state index is 0.0295. The van der Waals surface area contributed by atoms with Crippen LogP contribution >= 0.6 is 11.3 Å². The van der Waals surface area contributed by atoms with Crippen LogP contribution in [-0.4, -0.2) is 37.1 Å². The van der Waals surface area contributed by atoms with Crippen molar-refractivity contribution < 1.29 is 9.53 Å². The number of nitrogens with two attached hydrogens (primary N) is 1. The van der Waals surface area contributed by atoms with Gasteiger partial charge >= 0.3 is 0 Å². The van der Waals surface area contributed by atoms with Gasteiger partial charge in [-0.15, -0.1) is 11.3 Å². The lowest BCUT2D eigenvalue weighted by atomic mass is 10.2. The third kappa shape index (κ3) is 3.44. The molecule has 96 valence electrons. The summed E-state index contributed by atoms with van der Waals surface area (Å²) in [6.07, 6.45) is 0. The third-order valence-corrected chi connectivity index (χ3v) is 3.64. The molecule has 1 aromatic rings. The van der Waals surface area contributed by atoms with Gasteiger partial charge in [-0.25, -0.2) is 0 Å². The van der Waals surface area contributed by atoms with E-state index in [2.05, 4.69) is 0 Å². The quantitative estimate of drug-likeness (QED) is 0.878. The van der Waals surface area contributed by atoms with E-state index in [-0.39, 0.29) is 11.9 Å². The normalized spacial score (nSPS) is 10.9. The smallest absolute Gasteiger partial charge is 0.264 e. The molecule has 0 atom stereocenters. The third-order valence-electron chi connectivity index (χ3n) is 2.59. The predicted octanol–water partition coefficient (Wildman–Crippen LogP) is 2.14. The molecule has 1 amide bonds. The van der Waals surface area contributed by atoms with E-state index in [1.54, 1.807) is 18.1 Å². The van der Waals surface area contributed by atoms with Crippen molar-refractivity contribution in [2.45, 2.75) is 26.8 Å². The van der Waals surface area contributed by atoms with Crippen LogP contribution in [0.3, 0.4) is 0 Å². The van der Waals surface area contributed by atoms with Crippen molar-refractivity contribution in [2.24, 2.45) is 0 Å². The van der Waals surface area contributed by atoms with Crippen LogP contribution in [0.4, 0.5) is 5.69 Å². The Balaban J connectivity index is 2.84. The fourth-order valence-corrected chi connectivity index (χ4v) is 2.42. The standard InChI is InChI=1S/C12H20N2O2S/c1-8(2)14(5-6-16-4)12(15)11-7-10(13)9(3)17-11/h7-8H,5-6,13H2,1-4H3. The number of anilines is 1. The highest BCUT2D eigenvalue weighted by molar-refractivity contribution is 7.14. The highest BCUT2D eigenvalue weighted by Crippen LogP contribution is 2.25. The first kappa shape index (κ1) is 14.0. The van der Waals surface area contributed by atoms with Crippen molar-refractivity contribution in [1.82, 2.24) is 4.90 Å². The Kier molecular flexibility index (Phi) is 4.96. The largest absolute Gasteiger partial charge is 0.398 e. The molecule has 0 aliphatic heterocycles. The topological polar surface area (TPSA) is 55.6 Å². The van der Waals surface area contributed by atoms with Gasteiger partial charge < -0.3 is 15.4 Å². The Morgan fingerprint density at radius 2 is 2.24 bits per heavy atom. The first-order chi connectivity index (χ1) is 7.97. The summed E-state index contributed by atoms with van der Waals surface area (Å²) in [6.45, 7) is 7.06. The van der Waals surface area contributed by atoms with Crippen LogP contribution < -0.4 is 5.73 Å². The Labute approximate surface area is 106 Å². The molecular formula is C12H20N2O2S. The van der Waals surface area contributed by atoms with Gasteiger partial charge in [-0.3, -0.25) is 4.79 Å². The zero-order valence-electron chi connectivity index (χ0n) is 10.8. The van der Waals surface area contributed by atoms with E-state index in [4.69, 9.17) is 10.5 Å². The summed E-state index contributed by atoms with van der Waals surface area (Å²) in [6, 6.07) is 1.91. The predicted molar refractivity (Wildman–Crippen MR) is 71.5 cm³/mol. The average molecular weight is 256 g/mol. The number of amides is 1. The van der Waals surface area contributed by atoms with Crippen molar-refractivity contribution >= 4 is 22.9 Å². The molecule has 0 saturated heterocycles. The molecule has 0 fully saturated rings. The fraction of sp³-hybridized carbons (Fsp3) is 0.583. The Morgan fingerprint density at radius 3 is 2.65 bits per heavy atom. The molecule has 0 bridgehead atoms. The number of thiophene rings is 1. The summed E-state index contributed by atoms with van der Waals surface area (Å²) < 4.78 is 5.02. The van der Waals surface area contributed by atoms with Gasteiger partial charge in [-0.05, 0) is 26.8 Å². The second-order valence-electron chi connectivity index (χ2n) is 4.21. The Bertz CT molecular complexity index is 368. The summed E-state index contributed by atoms with van der Waals surface area (Å²) in [4.78, 5) is 15.8. The first-order valence-corrected chi connectivity index (χ1v) is 6.44. The number of rotatable bonds is 5. The summed E-state index contributed by atoms with van der Waals surface area (Å²) in [5, 5.41) is 0. The number of ether oxygens (including phenoxy) is 1. The molecule has 2 N–H and O–H groups in total. The van der Waals surface area contributed by atoms with E-state index in [0.29, 0.717) is 23.7 Å². The molecule has 0 radical (unpaired) electrons. The van der Waals surface area contributed by atoms with Gasteiger partial charge in [-0.2, -0.15) is 0 Å². The highest BCUT2D eigenvalue weighted by atomic mass is 32.1. The minimum Gasteiger partial charge on any atom is -0.398 e. The van der Waals surface area contributed by atoms with Crippen LogP contribution in [0.25, 0.3) is 0 Å². The van der Waals surface area contributed by atoms with Crippen LogP contribution in [0, 0.1) is 6.92 Å². The summed E-state index contributed by atoms with van der Waals surface area (Å²) >= 11 is 1.44. The van der Waals surface area contributed by atoms with Crippen LogP contribution in [-0.2, 0) is 4.74 Å². The molecule has 0 saturated carbocycles. The number of carbonyl (C=O) groups excluding carboxylic acids is 1. The van der Waals surface area contributed by atoms with Gasteiger partial charge in [0.2, 0.25) is 0 Å². The van der Waals surface area contributed by atoms with Gasteiger partial charge in [0, 0.05) is 30.3 Å². The van der Waals surface area contributed by atoms with Crippen molar-refractivity contribution in [1.29, 1.82) is 0 Å². The zero-order valence-corrected chi connectivity index (χ0v) is 11.6. The maximum absolute atomic E-state index is 12.3. The molecule has 0 aliphatic rings. The monoisotopic (exact) mass is 256 g/mol. The van der Waals surface area contributed by atoms with Crippen molar-refractivity contribution in [3.05, 3.63) is 15.8 Å². The Morgan fingerprint density at radius 1 is 1.59 bits per heavy atom. The summed E-state index contributed by atoms with van der Waals surface area (Å²) in [7, 11) is 1.64. The van der Waals surface area contributed by atoms with Crippen molar-refractivity contribution in [3.8, 4) is 0 Å². The molecule has 1 rings (SSSR count). The second kappa shape index (κ2) is 6.02. The van der Waals surface area contributed by atoms with Gasteiger partial charge in [0.1, 0.15) is 0 Å². The summed E-state index contributed by atoms with van der Waals surface area (Å²) in [5.41, 5.74) is 6.46. The molecule has 1 heterocycles. The highest BCUT2D eigenvalue weighted by Gasteiger charge is 2.20. The van der Waals surface area contributed by atoms with E-state index in [9.17, 15) is 4.79 Å². The van der Waals surface area contributed by atoms with E-state index < -0.39 is 0 Å². The number of carbonyl (C=O) groups is 1.